The minimum atomic E-state index is 0.840. The molecule has 1 N–H and O–H groups in total. The third-order valence-corrected chi connectivity index (χ3v) is 3.49. The molecule has 16 heavy (non-hydrogen) atoms. The second-order valence-electron chi connectivity index (χ2n) is 4.05. The fraction of sp³-hybridized carbons (Fsp3) is 0.538. The number of anilines is 1. The van der Waals surface area contributed by atoms with Gasteiger partial charge in [-0.25, -0.2) is 0 Å². The van der Waals surface area contributed by atoms with E-state index in [2.05, 4.69) is 29.8 Å². The largest absolute Gasteiger partial charge is 0.493 e. The van der Waals surface area contributed by atoms with Crippen molar-refractivity contribution < 1.29 is 4.74 Å². The van der Waals surface area contributed by atoms with Crippen LogP contribution in [0.3, 0.4) is 0 Å². The minimum Gasteiger partial charge on any atom is -0.493 e. The van der Waals surface area contributed by atoms with Crippen LogP contribution in [0.15, 0.2) is 18.2 Å². The van der Waals surface area contributed by atoms with E-state index in [0.29, 0.717) is 0 Å². The zero-order valence-electron chi connectivity index (χ0n) is 9.79. The van der Waals surface area contributed by atoms with Gasteiger partial charge in [0, 0.05) is 18.7 Å². The maximum Gasteiger partial charge on any atom is 0.122 e. The Morgan fingerprint density at radius 1 is 1.38 bits per heavy atom. The fourth-order valence-electron chi connectivity index (χ4n) is 1.90. The van der Waals surface area contributed by atoms with Crippen LogP contribution >= 0.6 is 11.8 Å². The number of hydrogen-bond acceptors (Lipinski definition) is 3. The molecule has 0 saturated carbocycles. The van der Waals surface area contributed by atoms with Crippen molar-refractivity contribution in [2.75, 3.05) is 30.5 Å². The molecule has 1 aliphatic rings. The Bertz CT molecular complexity index is 341. The van der Waals surface area contributed by atoms with Crippen LogP contribution in [0.1, 0.15) is 18.4 Å². The average Bonchev–Trinajstić information content (AvgIpc) is 2.76. The number of thioether (sulfide) groups is 1. The van der Waals surface area contributed by atoms with E-state index in [1.165, 1.54) is 29.8 Å². The van der Waals surface area contributed by atoms with Crippen molar-refractivity contribution in [3.05, 3.63) is 23.8 Å². The molecule has 1 heterocycles. The van der Waals surface area contributed by atoms with E-state index in [1.54, 1.807) is 0 Å². The van der Waals surface area contributed by atoms with Crippen LogP contribution in [-0.2, 0) is 6.42 Å². The van der Waals surface area contributed by atoms with Crippen molar-refractivity contribution in [1.29, 1.82) is 0 Å². The molecule has 0 unspecified atom stereocenters. The fourth-order valence-corrected chi connectivity index (χ4v) is 2.39. The highest BCUT2D eigenvalue weighted by atomic mass is 32.2. The molecule has 0 saturated heterocycles. The maximum absolute atomic E-state index is 5.48. The maximum atomic E-state index is 5.48. The van der Waals surface area contributed by atoms with E-state index in [-0.39, 0.29) is 0 Å². The highest BCUT2D eigenvalue weighted by Gasteiger charge is 2.11. The lowest BCUT2D eigenvalue weighted by atomic mass is 10.1. The predicted molar refractivity (Wildman–Crippen MR) is 71.7 cm³/mol. The van der Waals surface area contributed by atoms with Gasteiger partial charge in [-0.05, 0) is 48.6 Å². The molecule has 0 amide bonds. The van der Waals surface area contributed by atoms with Gasteiger partial charge in [0.15, 0.2) is 0 Å². The van der Waals surface area contributed by atoms with Gasteiger partial charge in [-0.15, -0.1) is 0 Å². The Labute approximate surface area is 102 Å². The van der Waals surface area contributed by atoms with Crippen molar-refractivity contribution in [2.24, 2.45) is 0 Å². The third kappa shape index (κ3) is 3.08. The zero-order valence-corrected chi connectivity index (χ0v) is 10.6. The predicted octanol–water partition coefficient (Wildman–Crippen LogP) is 3.18. The third-order valence-electron chi connectivity index (χ3n) is 2.79. The minimum absolute atomic E-state index is 0.840. The van der Waals surface area contributed by atoms with Gasteiger partial charge in [0.2, 0.25) is 0 Å². The van der Waals surface area contributed by atoms with Gasteiger partial charge >= 0.3 is 0 Å². The Hall–Kier alpha value is -0.830. The summed E-state index contributed by atoms with van der Waals surface area (Å²) >= 11 is 1.92. The van der Waals surface area contributed by atoms with Crippen LogP contribution in [0.5, 0.6) is 5.75 Å². The molecule has 0 radical (unpaired) electrons. The molecular formula is C13H19NOS. The van der Waals surface area contributed by atoms with Gasteiger partial charge in [-0.2, -0.15) is 11.8 Å². The Balaban J connectivity index is 1.77. The number of hydrogen-bond donors (Lipinski definition) is 1. The van der Waals surface area contributed by atoms with E-state index in [1.807, 2.05) is 11.8 Å². The number of fused-ring (bicyclic) bond motifs is 1. The summed E-state index contributed by atoms with van der Waals surface area (Å²) in [4.78, 5) is 0. The highest BCUT2D eigenvalue weighted by Crippen LogP contribution is 2.27. The van der Waals surface area contributed by atoms with E-state index in [9.17, 15) is 0 Å². The normalized spacial score (nSPS) is 13.3. The van der Waals surface area contributed by atoms with Crippen molar-refractivity contribution in [2.45, 2.75) is 19.3 Å². The summed E-state index contributed by atoms with van der Waals surface area (Å²) in [5.74, 6) is 2.33. The van der Waals surface area contributed by atoms with E-state index >= 15 is 0 Å². The quantitative estimate of drug-likeness (QED) is 0.768. The summed E-state index contributed by atoms with van der Waals surface area (Å²) in [5.41, 5.74) is 2.57. The smallest absolute Gasteiger partial charge is 0.122 e. The summed E-state index contributed by atoms with van der Waals surface area (Å²) in [6.07, 6.45) is 5.75. The van der Waals surface area contributed by atoms with Gasteiger partial charge in [-0.3, -0.25) is 0 Å². The van der Waals surface area contributed by atoms with Crippen LogP contribution in [0.2, 0.25) is 0 Å². The number of ether oxygens (including phenoxy) is 1. The van der Waals surface area contributed by atoms with Crippen molar-refractivity contribution in [3.63, 3.8) is 0 Å². The van der Waals surface area contributed by atoms with E-state index < -0.39 is 0 Å². The second kappa shape index (κ2) is 6.04. The van der Waals surface area contributed by atoms with Crippen LogP contribution in [0.25, 0.3) is 0 Å². The Morgan fingerprint density at radius 3 is 3.19 bits per heavy atom. The number of benzene rings is 1. The molecule has 88 valence electrons. The first-order valence-corrected chi connectivity index (χ1v) is 7.28. The lowest BCUT2D eigenvalue weighted by Crippen LogP contribution is -2.01. The summed E-state index contributed by atoms with van der Waals surface area (Å²) in [5, 5.41) is 3.47. The van der Waals surface area contributed by atoms with Gasteiger partial charge in [0.05, 0.1) is 6.61 Å². The summed E-state index contributed by atoms with van der Waals surface area (Å²) in [7, 11) is 0. The standard InChI is InChI=1S/C13H19NOS/c1-16-9-3-2-7-14-12-4-5-13-11(10-12)6-8-15-13/h4-5,10,14H,2-3,6-9H2,1H3. The molecule has 0 spiro atoms. The first-order chi connectivity index (χ1) is 7.90. The lowest BCUT2D eigenvalue weighted by molar-refractivity contribution is 0.357. The molecular weight excluding hydrogens is 218 g/mol. The monoisotopic (exact) mass is 237 g/mol. The number of rotatable bonds is 6. The van der Waals surface area contributed by atoms with Crippen LogP contribution in [0.4, 0.5) is 5.69 Å². The topological polar surface area (TPSA) is 21.3 Å². The van der Waals surface area contributed by atoms with E-state index in [4.69, 9.17) is 4.74 Å². The second-order valence-corrected chi connectivity index (χ2v) is 5.03. The molecule has 0 atom stereocenters. The van der Waals surface area contributed by atoms with Crippen LogP contribution in [-0.4, -0.2) is 25.2 Å². The Kier molecular flexibility index (Phi) is 4.40. The molecule has 2 rings (SSSR count). The first-order valence-electron chi connectivity index (χ1n) is 5.88. The van der Waals surface area contributed by atoms with E-state index in [0.717, 1.165) is 25.3 Å². The molecule has 0 aliphatic carbocycles. The molecule has 3 heteroatoms. The number of unbranched alkanes of at least 4 members (excludes halogenated alkanes) is 1. The van der Waals surface area contributed by atoms with Crippen molar-refractivity contribution in [1.82, 2.24) is 0 Å². The molecule has 0 bridgehead atoms. The van der Waals surface area contributed by atoms with Crippen LogP contribution < -0.4 is 10.1 Å². The zero-order chi connectivity index (χ0) is 11.2. The first kappa shape index (κ1) is 11.6. The molecule has 0 aromatic heterocycles. The molecule has 1 aromatic carbocycles. The van der Waals surface area contributed by atoms with Gasteiger partial charge in [0.1, 0.15) is 5.75 Å². The van der Waals surface area contributed by atoms with Crippen molar-refractivity contribution >= 4 is 17.4 Å². The van der Waals surface area contributed by atoms with Gasteiger partial charge < -0.3 is 10.1 Å². The Morgan fingerprint density at radius 2 is 2.31 bits per heavy atom. The lowest BCUT2D eigenvalue weighted by Gasteiger charge is -2.07. The highest BCUT2D eigenvalue weighted by molar-refractivity contribution is 7.98. The summed E-state index contributed by atoms with van der Waals surface area (Å²) in [6.45, 7) is 1.91. The van der Waals surface area contributed by atoms with Crippen LogP contribution in [0, 0.1) is 0 Å². The SMILES string of the molecule is CSCCCCNc1ccc2c(c1)CCO2. The average molecular weight is 237 g/mol. The summed E-state index contributed by atoms with van der Waals surface area (Å²) < 4.78 is 5.48. The molecule has 1 aromatic rings. The molecule has 0 fully saturated rings. The van der Waals surface area contributed by atoms with Gasteiger partial charge in [-0.1, -0.05) is 0 Å². The summed E-state index contributed by atoms with van der Waals surface area (Å²) in [6, 6.07) is 6.40. The van der Waals surface area contributed by atoms with Gasteiger partial charge in [0.25, 0.3) is 0 Å². The van der Waals surface area contributed by atoms with Crippen molar-refractivity contribution in [3.8, 4) is 5.75 Å². The molecule has 2 nitrogen and oxygen atoms in total. The number of nitrogens with one attached hydrogen (secondary N) is 1. The molecule has 1 aliphatic heterocycles.